The molecular weight excluding hydrogens is 442 g/mol. The van der Waals surface area contributed by atoms with Crippen LogP contribution >= 0.6 is 0 Å². The second kappa shape index (κ2) is 9.66. The standard InChI is InChI=1S/C24H23N3O5S/c1-16(28)18-7-13-22(14-8-18)27(3)33(31,32)23-6-4-5-19(15-23)24(30)26-21-11-9-20(10-12-21)25-17(2)29/h4-15H,1-3H3,(H,25,29)(H,26,30). The van der Waals surface area contributed by atoms with E-state index in [1.165, 1.54) is 45.2 Å². The fourth-order valence-corrected chi connectivity index (χ4v) is 4.29. The van der Waals surface area contributed by atoms with Crippen LogP contribution in [0.5, 0.6) is 0 Å². The van der Waals surface area contributed by atoms with E-state index in [2.05, 4.69) is 10.6 Å². The fourth-order valence-electron chi connectivity index (χ4n) is 3.04. The molecule has 33 heavy (non-hydrogen) atoms. The summed E-state index contributed by atoms with van der Waals surface area (Å²) in [5.74, 6) is -0.798. The van der Waals surface area contributed by atoms with E-state index in [1.54, 1.807) is 48.5 Å². The molecule has 0 aliphatic rings. The Labute approximate surface area is 192 Å². The summed E-state index contributed by atoms with van der Waals surface area (Å²) < 4.78 is 27.3. The summed E-state index contributed by atoms with van der Waals surface area (Å²) in [5.41, 5.74) is 2.11. The van der Waals surface area contributed by atoms with Gasteiger partial charge in [0, 0.05) is 36.5 Å². The zero-order valence-corrected chi connectivity index (χ0v) is 19.1. The number of rotatable bonds is 7. The lowest BCUT2D eigenvalue weighted by Crippen LogP contribution is -2.27. The highest BCUT2D eigenvalue weighted by Crippen LogP contribution is 2.24. The highest BCUT2D eigenvalue weighted by atomic mass is 32.2. The summed E-state index contributed by atoms with van der Waals surface area (Å²) >= 11 is 0. The minimum atomic E-state index is -3.94. The van der Waals surface area contributed by atoms with Crippen molar-refractivity contribution in [3.05, 3.63) is 83.9 Å². The lowest BCUT2D eigenvalue weighted by molar-refractivity contribution is -0.114. The smallest absolute Gasteiger partial charge is 0.264 e. The second-order valence-corrected chi connectivity index (χ2v) is 9.29. The average molecular weight is 466 g/mol. The summed E-state index contributed by atoms with van der Waals surface area (Å²) in [6.45, 7) is 2.83. The number of carbonyl (C=O) groups excluding carboxylic acids is 3. The number of nitrogens with one attached hydrogen (secondary N) is 2. The molecule has 0 radical (unpaired) electrons. The minimum absolute atomic E-state index is 0.0469. The molecule has 3 aromatic carbocycles. The number of anilines is 3. The summed E-state index contributed by atoms with van der Waals surface area (Å²) in [4.78, 5) is 35.2. The molecule has 3 aromatic rings. The van der Waals surface area contributed by atoms with Crippen molar-refractivity contribution in [2.75, 3.05) is 22.0 Å². The molecule has 9 heteroatoms. The zero-order valence-electron chi connectivity index (χ0n) is 18.3. The van der Waals surface area contributed by atoms with Crippen LogP contribution in [0.15, 0.2) is 77.7 Å². The number of hydrogen-bond acceptors (Lipinski definition) is 5. The third-order valence-corrected chi connectivity index (χ3v) is 6.64. The van der Waals surface area contributed by atoms with Crippen molar-refractivity contribution >= 4 is 44.7 Å². The number of amides is 2. The minimum Gasteiger partial charge on any atom is -0.326 e. The van der Waals surface area contributed by atoms with Gasteiger partial charge in [0.1, 0.15) is 0 Å². The van der Waals surface area contributed by atoms with Gasteiger partial charge in [-0.15, -0.1) is 0 Å². The number of sulfonamides is 1. The molecule has 170 valence electrons. The average Bonchev–Trinajstić information content (AvgIpc) is 2.79. The van der Waals surface area contributed by atoms with Gasteiger partial charge in [0.2, 0.25) is 5.91 Å². The predicted octanol–water partition coefficient (Wildman–Crippen LogP) is 3.93. The largest absolute Gasteiger partial charge is 0.326 e. The topological polar surface area (TPSA) is 113 Å². The highest BCUT2D eigenvalue weighted by Gasteiger charge is 2.22. The Bertz CT molecular complexity index is 1300. The first-order valence-corrected chi connectivity index (χ1v) is 11.4. The summed E-state index contributed by atoms with van der Waals surface area (Å²) in [7, 11) is -2.54. The number of benzene rings is 3. The summed E-state index contributed by atoms with van der Waals surface area (Å²) in [6, 6.07) is 18.5. The third kappa shape index (κ3) is 5.64. The predicted molar refractivity (Wildman–Crippen MR) is 127 cm³/mol. The van der Waals surface area contributed by atoms with Gasteiger partial charge in [0.25, 0.3) is 15.9 Å². The van der Waals surface area contributed by atoms with Gasteiger partial charge in [0.05, 0.1) is 10.6 Å². The molecule has 0 unspecified atom stereocenters. The molecule has 0 aromatic heterocycles. The first-order valence-electron chi connectivity index (χ1n) is 9.97. The molecule has 0 fully saturated rings. The molecular formula is C24H23N3O5S. The number of ketones is 1. The van der Waals surface area contributed by atoms with Crippen molar-refractivity contribution in [3.8, 4) is 0 Å². The quantitative estimate of drug-likeness (QED) is 0.514. The second-order valence-electron chi connectivity index (χ2n) is 7.32. The fraction of sp³-hybridized carbons (Fsp3) is 0.125. The normalized spacial score (nSPS) is 10.9. The third-order valence-electron chi connectivity index (χ3n) is 4.86. The molecule has 2 N–H and O–H groups in total. The van der Waals surface area contributed by atoms with Gasteiger partial charge in [-0.25, -0.2) is 8.42 Å². The molecule has 0 saturated heterocycles. The Morgan fingerprint density at radius 2 is 1.33 bits per heavy atom. The zero-order chi connectivity index (χ0) is 24.2. The number of carbonyl (C=O) groups is 3. The van der Waals surface area contributed by atoms with Crippen molar-refractivity contribution in [1.82, 2.24) is 0 Å². The molecule has 0 aliphatic heterocycles. The highest BCUT2D eigenvalue weighted by molar-refractivity contribution is 7.92. The van der Waals surface area contributed by atoms with Crippen LogP contribution < -0.4 is 14.9 Å². The van der Waals surface area contributed by atoms with E-state index in [1.807, 2.05) is 0 Å². The van der Waals surface area contributed by atoms with Crippen LogP contribution in [-0.2, 0) is 14.8 Å². The Balaban J connectivity index is 1.79. The van der Waals surface area contributed by atoms with Gasteiger partial charge in [-0.2, -0.15) is 0 Å². The van der Waals surface area contributed by atoms with E-state index in [0.29, 0.717) is 22.6 Å². The van der Waals surface area contributed by atoms with E-state index in [0.717, 1.165) is 4.31 Å². The maximum atomic E-state index is 13.1. The Hall–Kier alpha value is -3.98. The van der Waals surface area contributed by atoms with Crippen LogP contribution in [-0.4, -0.2) is 33.1 Å². The number of hydrogen-bond donors (Lipinski definition) is 2. The lowest BCUT2D eigenvalue weighted by Gasteiger charge is -2.20. The molecule has 0 aliphatic carbocycles. The Morgan fingerprint density at radius 1 is 0.758 bits per heavy atom. The van der Waals surface area contributed by atoms with Gasteiger partial charge in [-0.1, -0.05) is 6.07 Å². The molecule has 8 nitrogen and oxygen atoms in total. The van der Waals surface area contributed by atoms with Crippen molar-refractivity contribution in [2.24, 2.45) is 0 Å². The lowest BCUT2D eigenvalue weighted by atomic mass is 10.1. The Kier molecular flexibility index (Phi) is 6.93. The number of Topliss-reactive ketones (excluding diaryl/α,β-unsaturated/α-hetero) is 1. The van der Waals surface area contributed by atoms with E-state index >= 15 is 0 Å². The van der Waals surface area contributed by atoms with Gasteiger partial charge in [-0.3, -0.25) is 18.7 Å². The van der Waals surface area contributed by atoms with Crippen LogP contribution in [0.2, 0.25) is 0 Å². The summed E-state index contributed by atoms with van der Waals surface area (Å²) in [6.07, 6.45) is 0. The van der Waals surface area contributed by atoms with Crippen LogP contribution in [0.4, 0.5) is 17.1 Å². The van der Waals surface area contributed by atoms with Gasteiger partial charge in [-0.05, 0) is 73.7 Å². The molecule has 0 saturated carbocycles. The van der Waals surface area contributed by atoms with Gasteiger partial charge in [0.15, 0.2) is 5.78 Å². The molecule has 0 atom stereocenters. The van der Waals surface area contributed by atoms with Crippen LogP contribution in [0.3, 0.4) is 0 Å². The van der Waals surface area contributed by atoms with Crippen molar-refractivity contribution in [2.45, 2.75) is 18.7 Å². The molecule has 3 rings (SSSR count). The van der Waals surface area contributed by atoms with E-state index < -0.39 is 15.9 Å². The SMILES string of the molecule is CC(=O)Nc1ccc(NC(=O)c2cccc(S(=O)(=O)N(C)c3ccc(C(C)=O)cc3)c2)cc1. The van der Waals surface area contributed by atoms with Crippen LogP contribution in [0, 0.1) is 0 Å². The van der Waals surface area contributed by atoms with Gasteiger partial charge < -0.3 is 10.6 Å². The first-order chi connectivity index (χ1) is 15.6. The van der Waals surface area contributed by atoms with E-state index in [4.69, 9.17) is 0 Å². The maximum Gasteiger partial charge on any atom is 0.264 e. The first kappa shape index (κ1) is 23.7. The van der Waals surface area contributed by atoms with Gasteiger partial charge >= 0.3 is 0 Å². The summed E-state index contributed by atoms with van der Waals surface area (Å²) in [5, 5.41) is 5.34. The maximum absolute atomic E-state index is 13.1. The number of nitrogens with zero attached hydrogens (tertiary/aromatic N) is 1. The Morgan fingerprint density at radius 3 is 1.88 bits per heavy atom. The van der Waals surface area contributed by atoms with Crippen LogP contribution in [0.1, 0.15) is 34.6 Å². The van der Waals surface area contributed by atoms with Crippen molar-refractivity contribution < 1.29 is 22.8 Å². The molecule has 2 amide bonds. The van der Waals surface area contributed by atoms with Crippen molar-refractivity contribution in [1.29, 1.82) is 0 Å². The molecule has 0 bridgehead atoms. The van der Waals surface area contributed by atoms with E-state index in [-0.39, 0.29) is 22.1 Å². The monoisotopic (exact) mass is 465 g/mol. The van der Waals surface area contributed by atoms with Crippen LogP contribution in [0.25, 0.3) is 0 Å². The molecule has 0 heterocycles. The van der Waals surface area contributed by atoms with Crippen molar-refractivity contribution in [3.63, 3.8) is 0 Å². The molecule has 0 spiro atoms. The van der Waals surface area contributed by atoms with E-state index in [9.17, 15) is 22.8 Å².